The molecule has 7 rings (SSSR count). The molecule has 3 aromatic rings. The van der Waals surface area contributed by atoms with Crippen LogP contribution in [0.25, 0.3) is 11.1 Å². The molecule has 230 valence electrons. The van der Waals surface area contributed by atoms with Gasteiger partial charge < -0.3 is 4.90 Å². The van der Waals surface area contributed by atoms with E-state index in [0.717, 1.165) is 24.3 Å². The number of fused-ring (bicyclic) bond motifs is 3. The molecule has 0 N–H and O–H groups in total. The van der Waals surface area contributed by atoms with Crippen molar-refractivity contribution in [3.05, 3.63) is 77.6 Å². The van der Waals surface area contributed by atoms with Crippen LogP contribution in [0.3, 0.4) is 0 Å². The predicted octanol–water partition coefficient (Wildman–Crippen LogP) is 9.90. The maximum absolute atomic E-state index is 15.3. The fourth-order valence-electron chi connectivity index (χ4n) is 8.30. The molecule has 0 amide bonds. The van der Waals surface area contributed by atoms with Crippen molar-refractivity contribution in [3.63, 3.8) is 0 Å². The Labute approximate surface area is 258 Å². The summed E-state index contributed by atoms with van der Waals surface area (Å²) >= 11 is 0. The van der Waals surface area contributed by atoms with Gasteiger partial charge in [-0.1, -0.05) is 51.0 Å². The standard InChI is InChI=1S/C38H51FN4/c1-7-29-13-14-32(21-27(29)2)38-18-15-37(16-19-38,17-20-38)26-42(28(3)30-11-9-8-10-12-30)35-22-33(34(39)24-40-35)31-23-41-43(25-31)36(4,5)6/h13-14,21-25,30H,3,7-12,15-20,26H2,1-2,4-6H3. The van der Waals surface area contributed by atoms with Crippen LogP contribution >= 0.6 is 0 Å². The molecule has 0 unspecified atom stereocenters. The van der Waals surface area contributed by atoms with Crippen LogP contribution in [0.15, 0.2) is 55.1 Å². The lowest BCUT2D eigenvalue weighted by molar-refractivity contribution is 0.0459. The summed E-state index contributed by atoms with van der Waals surface area (Å²) in [5.74, 6) is 0.997. The molecule has 5 heteroatoms. The highest BCUT2D eigenvalue weighted by molar-refractivity contribution is 5.67. The van der Waals surface area contributed by atoms with Gasteiger partial charge in [0.15, 0.2) is 0 Å². The second-order valence-electron chi connectivity index (χ2n) is 15.1. The van der Waals surface area contributed by atoms with E-state index < -0.39 is 0 Å². The molecule has 1 aromatic carbocycles. The molecule has 4 saturated carbocycles. The minimum atomic E-state index is -0.303. The van der Waals surface area contributed by atoms with Crippen molar-refractivity contribution in [1.82, 2.24) is 14.8 Å². The average molecular weight is 583 g/mol. The summed E-state index contributed by atoms with van der Waals surface area (Å²) in [6.07, 6.45) is 19.9. The highest BCUT2D eigenvalue weighted by Crippen LogP contribution is 2.58. The molecule has 0 saturated heterocycles. The van der Waals surface area contributed by atoms with Crippen LogP contribution in [0, 0.1) is 24.1 Å². The number of halogens is 1. The molecule has 2 heterocycles. The Morgan fingerprint density at radius 1 is 1.02 bits per heavy atom. The van der Waals surface area contributed by atoms with Crippen molar-refractivity contribution in [1.29, 1.82) is 0 Å². The molecular formula is C38H51FN4. The predicted molar refractivity (Wildman–Crippen MR) is 176 cm³/mol. The summed E-state index contributed by atoms with van der Waals surface area (Å²) < 4.78 is 17.2. The summed E-state index contributed by atoms with van der Waals surface area (Å²) in [6.45, 7) is 16.5. The van der Waals surface area contributed by atoms with E-state index in [0.29, 0.717) is 16.9 Å². The summed E-state index contributed by atoms with van der Waals surface area (Å²) in [5, 5.41) is 4.56. The fraction of sp³-hybridized carbons (Fsp3) is 0.579. The van der Waals surface area contributed by atoms with Crippen molar-refractivity contribution in [2.75, 3.05) is 11.4 Å². The maximum Gasteiger partial charge on any atom is 0.149 e. The molecule has 43 heavy (non-hydrogen) atoms. The molecule has 0 spiro atoms. The lowest BCUT2D eigenvalue weighted by Crippen LogP contribution is -2.49. The van der Waals surface area contributed by atoms with E-state index in [4.69, 9.17) is 11.6 Å². The number of anilines is 1. The van der Waals surface area contributed by atoms with Crippen LogP contribution in [0.5, 0.6) is 0 Å². The van der Waals surface area contributed by atoms with Gasteiger partial charge in [-0.3, -0.25) is 4.68 Å². The van der Waals surface area contributed by atoms with Crippen molar-refractivity contribution < 1.29 is 4.39 Å². The Hall–Kier alpha value is -2.95. The first-order chi connectivity index (χ1) is 20.5. The minimum Gasteiger partial charge on any atom is -0.330 e. The zero-order valence-corrected chi connectivity index (χ0v) is 27.2. The number of allylic oxidation sites excluding steroid dienone is 1. The minimum absolute atomic E-state index is 0.168. The second-order valence-corrected chi connectivity index (χ2v) is 15.1. The number of hydrogen-bond acceptors (Lipinski definition) is 3. The van der Waals surface area contributed by atoms with E-state index in [1.165, 1.54) is 93.6 Å². The second kappa shape index (κ2) is 11.5. The smallest absolute Gasteiger partial charge is 0.149 e. The molecule has 2 bridgehead atoms. The molecule has 4 aliphatic rings. The monoisotopic (exact) mass is 582 g/mol. The van der Waals surface area contributed by atoms with Crippen LogP contribution in [-0.4, -0.2) is 21.3 Å². The average Bonchev–Trinajstić information content (AvgIpc) is 3.52. The Bertz CT molecular complexity index is 1450. The Morgan fingerprint density at radius 3 is 2.33 bits per heavy atom. The van der Waals surface area contributed by atoms with E-state index in [9.17, 15) is 0 Å². The summed E-state index contributed by atoms with van der Waals surface area (Å²) in [6, 6.07) is 9.24. The number of benzene rings is 1. The lowest BCUT2D eigenvalue weighted by Gasteiger charge is -2.55. The van der Waals surface area contributed by atoms with Gasteiger partial charge in [-0.05, 0) is 125 Å². The van der Waals surface area contributed by atoms with Crippen LogP contribution in [-0.2, 0) is 17.4 Å². The van der Waals surface area contributed by atoms with Crippen LogP contribution in [0.2, 0.25) is 0 Å². The van der Waals surface area contributed by atoms with Gasteiger partial charge >= 0.3 is 0 Å². The Kier molecular flexibility index (Phi) is 8.06. The van der Waals surface area contributed by atoms with E-state index in [-0.39, 0.29) is 16.8 Å². The van der Waals surface area contributed by atoms with E-state index >= 15 is 4.39 Å². The molecule has 4 aliphatic carbocycles. The molecular weight excluding hydrogens is 531 g/mol. The number of nitrogens with zero attached hydrogens (tertiary/aromatic N) is 4. The van der Waals surface area contributed by atoms with Gasteiger partial charge in [-0.15, -0.1) is 0 Å². The highest BCUT2D eigenvalue weighted by atomic mass is 19.1. The third-order valence-corrected chi connectivity index (χ3v) is 11.4. The number of aryl methyl sites for hydroxylation is 2. The summed E-state index contributed by atoms with van der Waals surface area (Å²) in [5.41, 5.74) is 7.39. The molecule has 2 aromatic heterocycles. The van der Waals surface area contributed by atoms with Gasteiger partial charge in [-0.2, -0.15) is 5.10 Å². The molecule has 4 nitrogen and oxygen atoms in total. The van der Waals surface area contributed by atoms with Crippen molar-refractivity contribution in [2.45, 2.75) is 123 Å². The van der Waals surface area contributed by atoms with Gasteiger partial charge in [0.2, 0.25) is 0 Å². The summed E-state index contributed by atoms with van der Waals surface area (Å²) in [4.78, 5) is 7.14. The van der Waals surface area contributed by atoms with Crippen LogP contribution in [0.4, 0.5) is 10.2 Å². The third kappa shape index (κ3) is 5.81. The SMILES string of the molecule is C=C(C1CCCCC1)N(CC12CCC(c3ccc(CC)c(C)c3)(CC1)CC2)c1cc(-c2cnn(C(C)(C)C)c2)c(F)cn1. The lowest BCUT2D eigenvalue weighted by atomic mass is 9.51. The van der Waals surface area contributed by atoms with Gasteiger partial charge in [-0.25, -0.2) is 9.37 Å². The zero-order valence-electron chi connectivity index (χ0n) is 27.2. The largest absolute Gasteiger partial charge is 0.330 e. The quantitative estimate of drug-likeness (QED) is 0.265. The Balaban J connectivity index is 1.29. The van der Waals surface area contributed by atoms with E-state index in [2.05, 4.69) is 62.8 Å². The van der Waals surface area contributed by atoms with Crippen molar-refractivity contribution >= 4 is 5.82 Å². The number of aromatic nitrogens is 3. The first-order valence-corrected chi connectivity index (χ1v) is 16.8. The van der Waals surface area contributed by atoms with E-state index in [1.54, 1.807) is 11.8 Å². The first-order valence-electron chi connectivity index (χ1n) is 16.8. The number of rotatable bonds is 8. The topological polar surface area (TPSA) is 34.0 Å². The van der Waals surface area contributed by atoms with Crippen LogP contribution in [0.1, 0.15) is 115 Å². The molecule has 0 radical (unpaired) electrons. The van der Waals surface area contributed by atoms with Crippen molar-refractivity contribution in [3.8, 4) is 11.1 Å². The molecule has 0 atom stereocenters. The third-order valence-electron chi connectivity index (χ3n) is 11.4. The molecule has 4 fully saturated rings. The van der Waals surface area contributed by atoms with Gasteiger partial charge in [0, 0.05) is 29.6 Å². The number of pyridine rings is 1. The number of hydrogen-bond donors (Lipinski definition) is 0. The fourth-order valence-corrected chi connectivity index (χ4v) is 8.30. The van der Waals surface area contributed by atoms with Crippen LogP contribution < -0.4 is 4.90 Å². The normalized spacial score (nSPS) is 24.3. The highest BCUT2D eigenvalue weighted by Gasteiger charge is 2.50. The van der Waals surface area contributed by atoms with E-state index in [1.807, 2.05) is 16.9 Å². The Morgan fingerprint density at radius 2 is 1.72 bits per heavy atom. The first kappa shape index (κ1) is 30.1. The maximum atomic E-state index is 15.3. The zero-order chi connectivity index (χ0) is 30.4. The van der Waals surface area contributed by atoms with Gasteiger partial charge in [0.25, 0.3) is 0 Å². The molecule has 0 aliphatic heterocycles. The van der Waals surface area contributed by atoms with Crippen molar-refractivity contribution in [2.24, 2.45) is 11.3 Å². The van der Waals surface area contributed by atoms with Gasteiger partial charge in [0.1, 0.15) is 11.6 Å². The summed E-state index contributed by atoms with van der Waals surface area (Å²) in [7, 11) is 0. The van der Waals surface area contributed by atoms with Gasteiger partial charge in [0.05, 0.1) is 17.9 Å².